The van der Waals surface area contributed by atoms with Gasteiger partial charge in [-0.3, -0.25) is 0 Å². The number of hydrogen-bond acceptors (Lipinski definition) is 3. The third-order valence-electron chi connectivity index (χ3n) is 3.05. The Morgan fingerprint density at radius 3 is 2.33 bits per heavy atom. The number of aliphatic hydroxyl groups excluding tert-OH is 1. The molecule has 3 nitrogen and oxygen atoms in total. The maximum absolute atomic E-state index is 9.62. The number of aliphatic hydroxyl groups is 1. The summed E-state index contributed by atoms with van der Waals surface area (Å²) in [4.78, 5) is 0. The molecule has 1 N–H and O–H groups in total. The Hall–Kier alpha value is -0.120. The Labute approximate surface area is 92.8 Å². The summed E-state index contributed by atoms with van der Waals surface area (Å²) in [7, 11) is 0. The average Bonchev–Trinajstić information content (AvgIpc) is 2.60. The van der Waals surface area contributed by atoms with Crippen LogP contribution in [0.4, 0.5) is 0 Å². The van der Waals surface area contributed by atoms with Crippen molar-refractivity contribution in [3.8, 4) is 0 Å². The second-order valence-corrected chi connectivity index (χ2v) is 4.89. The highest BCUT2D eigenvalue weighted by molar-refractivity contribution is 4.69. The van der Waals surface area contributed by atoms with Crippen molar-refractivity contribution in [2.75, 3.05) is 13.2 Å². The summed E-state index contributed by atoms with van der Waals surface area (Å²) in [5.74, 6) is 0.00236. The van der Waals surface area contributed by atoms with Crippen molar-refractivity contribution in [2.24, 2.45) is 5.92 Å². The fourth-order valence-electron chi connectivity index (χ4n) is 1.83. The van der Waals surface area contributed by atoms with Gasteiger partial charge in [0.2, 0.25) is 0 Å². The van der Waals surface area contributed by atoms with Gasteiger partial charge in [-0.2, -0.15) is 0 Å². The van der Waals surface area contributed by atoms with Crippen LogP contribution >= 0.6 is 0 Å². The first-order valence-corrected chi connectivity index (χ1v) is 5.99. The molecule has 0 amide bonds. The van der Waals surface area contributed by atoms with Gasteiger partial charge in [0.05, 0.1) is 19.3 Å². The van der Waals surface area contributed by atoms with Gasteiger partial charge in [-0.15, -0.1) is 0 Å². The van der Waals surface area contributed by atoms with Gasteiger partial charge in [0, 0.05) is 6.42 Å². The van der Waals surface area contributed by atoms with Crippen LogP contribution < -0.4 is 0 Å². The van der Waals surface area contributed by atoms with E-state index in [2.05, 4.69) is 13.8 Å². The van der Waals surface area contributed by atoms with E-state index in [0.717, 1.165) is 25.7 Å². The lowest BCUT2D eigenvalue weighted by Crippen LogP contribution is -2.25. The van der Waals surface area contributed by atoms with E-state index in [4.69, 9.17) is 9.47 Å². The topological polar surface area (TPSA) is 38.7 Å². The standard InChI is InChI=1S/C12H24O3/c1-10(2)11(13)6-4-5-7-12(3)14-8-9-15-12/h10-11,13H,4-9H2,1-3H3. The molecule has 0 radical (unpaired) electrons. The molecule has 0 bridgehead atoms. The first-order valence-electron chi connectivity index (χ1n) is 5.99. The van der Waals surface area contributed by atoms with Crippen molar-refractivity contribution in [1.82, 2.24) is 0 Å². The molecule has 1 aliphatic heterocycles. The molecular weight excluding hydrogens is 192 g/mol. The SMILES string of the molecule is CC(C)C(O)CCCCC1(C)OCCO1. The van der Waals surface area contributed by atoms with Crippen LogP contribution in [0, 0.1) is 5.92 Å². The smallest absolute Gasteiger partial charge is 0.165 e. The Morgan fingerprint density at radius 1 is 1.20 bits per heavy atom. The Morgan fingerprint density at radius 2 is 1.80 bits per heavy atom. The predicted molar refractivity (Wildman–Crippen MR) is 59.6 cm³/mol. The van der Waals surface area contributed by atoms with Gasteiger partial charge in [-0.25, -0.2) is 0 Å². The van der Waals surface area contributed by atoms with Crippen LogP contribution in [0.2, 0.25) is 0 Å². The van der Waals surface area contributed by atoms with E-state index in [1.165, 1.54) is 0 Å². The minimum absolute atomic E-state index is 0.164. The van der Waals surface area contributed by atoms with E-state index in [9.17, 15) is 5.11 Å². The number of unbranched alkanes of at least 4 members (excludes halogenated alkanes) is 1. The number of ether oxygens (including phenoxy) is 2. The molecule has 0 aromatic rings. The van der Waals surface area contributed by atoms with Crippen molar-refractivity contribution < 1.29 is 14.6 Å². The first kappa shape index (κ1) is 12.9. The van der Waals surface area contributed by atoms with Gasteiger partial charge in [-0.05, 0) is 25.7 Å². The monoisotopic (exact) mass is 216 g/mol. The quantitative estimate of drug-likeness (QED) is 0.693. The molecule has 1 unspecified atom stereocenters. The van der Waals surface area contributed by atoms with Crippen LogP contribution in [0.3, 0.4) is 0 Å². The van der Waals surface area contributed by atoms with Gasteiger partial charge < -0.3 is 14.6 Å². The Bertz CT molecular complexity index is 174. The molecule has 0 aromatic heterocycles. The van der Waals surface area contributed by atoms with Crippen LogP contribution in [0.5, 0.6) is 0 Å². The van der Waals surface area contributed by atoms with E-state index in [1.807, 2.05) is 6.92 Å². The van der Waals surface area contributed by atoms with Gasteiger partial charge in [0.15, 0.2) is 5.79 Å². The molecule has 1 fully saturated rings. The number of rotatable bonds is 6. The third kappa shape index (κ3) is 4.49. The molecule has 90 valence electrons. The molecule has 0 aliphatic carbocycles. The summed E-state index contributed by atoms with van der Waals surface area (Å²) in [6.45, 7) is 7.53. The van der Waals surface area contributed by atoms with E-state index < -0.39 is 0 Å². The lowest BCUT2D eigenvalue weighted by atomic mass is 10.00. The molecule has 0 aromatic carbocycles. The van der Waals surface area contributed by atoms with Crippen molar-refractivity contribution in [1.29, 1.82) is 0 Å². The van der Waals surface area contributed by atoms with Crippen LogP contribution in [-0.2, 0) is 9.47 Å². The van der Waals surface area contributed by atoms with Crippen LogP contribution in [-0.4, -0.2) is 30.2 Å². The van der Waals surface area contributed by atoms with Crippen LogP contribution in [0.25, 0.3) is 0 Å². The maximum Gasteiger partial charge on any atom is 0.165 e. The highest BCUT2D eigenvalue weighted by atomic mass is 16.7. The lowest BCUT2D eigenvalue weighted by molar-refractivity contribution is -0.147. The lowest BCUT2D eigenvalue weighted by Gasteiger charge is -2.22. The summed E-state index contributed by atoms with van der Waals surface area (Å²) < 4.78 is 11.0. The predicted octanol–water partition coefficient (Wildman–Crippen LogP) is 2.33. The van der Waals surface area contributed by atoms with Crippen LogP contribution in [0.1, 0.15) is 46.5 Å². The molecular formula is C12H24O3. The molecule has 15 heavy (non-hydrogen) atoms. The van der Waals surface area contributed by atoms with Gasteiger partial charge in [-0.1, -0.05) is 20.3 Å². The molecule has 1 heterocycles. The van der Waals surface area contributed by atoms with Crippen molar-refractivity contribution in [3.05, 3.63) is 0 Å². The normalized spacial score (nSPS) is 22.2. The molecule has 0 spiro atoms. The minimum atomic E-state index is -0.358. The zero-order valence-electron chi connectivity index (χ0n) is 10.2. The summed E-state index contributed by atoms with van der Waals surface area (Å²) in [5.41, 5.74) is 0. The fraction of sp³-hybridized carbons (Fsp3) is 1.00. The van der Waals surface area contributed by atoms with Gasteiger partial charge >= 0.3 is 0 Å². The largest absolute Gasteiger partial charge is 0.393 e. The first-order chi connectivity index (χ1) is 7.03. The minimum Gasteiger partial charge on any atom is -0.393 e. The number of hydrogen-bond donors (Lipinski definition) is 1. The molecule has 0 saturated carbocycles. The Balaban J connectivity index is 2.06. The summed E-state index contributed by atoms with van der Waals surface area (Å²) in [6.07, 6.45) is 3.75. The van der Waals surface area contributed by atoms with E-state index in [0.29, 0.717) is 19.1 Å². The second-order valence-electron chi connectivity index (χ2n) is 4.89. The molecule has 1 atom stereocenters. The second kappa shape index (κ2) is 5.83. The summed E-state index contributed by atoms with van der Waals surface area (Å²) in [6, 6.07) is 0. The van der Waals surface area contributed by atoms with Crippen LogP contribution in [0.15, 0.2) is 0 Å². The van der Waals surface area contributed by atoms with Crippen molar-refractivity contribution in [3.63, 3.8) is 0 Å². The van der Waals surface area contributed by atoms with E-state index in [-0.39, 0.29) is 11.9 Å². The third-order valence-corrected chi connectivity index (χ3v) is 3.05. The van der Waals surface area contributed by atoms with E-state index in [1.54, 1.807) is 0 Å². The Kier molecular flexibility index (Phi) is 5.03. The molecule has 1 aliphatic rings. The maximum atomic E-state index is 9.62. The zero-order chi connectivity index (χ0) is 11.3. The van der Waals surface area contributed by atoms with Gasteiger partial charge in [0.1, 0.15) is 0 Å². The zero-order valence-corrected chi connectivity index (χ0v) is 10.2. The summed E-state index contributed by atoms with van der Waals surface area (Å²) in [5, 5.41) is 9.62. The fourth-order valence-corrected chi connectivity index (χ4v) is 1.83. The van der Waals surface area contributed by atoms with Crippen molar-refractivity contribution >= 4 is 0 Å². The average molecular weight is 216 g/mol. The molecule has 3 heteroatoms. The summed E-state index contributed by atoms with van der Waals surface area (Å²) >= 11 is 0. The molecule has 1 rings (SSSR count). The van der Waals surface area contributed by atoms with Crippen molar-refractivity contribution in [2.45, 2.75) is 58.3 Å². The highest BCUT2D eigenvalue weighted by Crippen LogP contribution is 2.25. The van der Waals surface area contributed by atoms with Gasteiger partial charge in [0.25, 0.3) is 0 Å². The highest BCUT2D eigenvalue weighted by Gasteiger charge is 2.29. The molecule has 1 saturated heterocycles. The van der Waals surface area contributed by atoms with E-state index >= 15 is 0 Å².